The Bertz CT molecular complexity index is 310. The van der Waals surface area contributed by atoms with Crippen molar-refractivity contribution >= 4 is 29.9 Å². The van der Waals surface area contributed by atoms with E-state index in [4.69, 9.17) is 0 Å². The van der Waals surface area contributed by atoms with Crippen LogP contribution in [0.25, 0.3) is 0 Å². The Morgan fingerprint density at radius 2 is 1.70 bits per heavy atom. The highest BCUT2D eigenvalue weighted by molar-refractivity contribution is 14.0. The third kappa shape index (κ3) is 8.57. The second kappa shape index (κ2) is 13.3. The van der Waals surface area contributed by atoms with Crippen LogP contribution in [-0.4, -0.2) is 50.6 Å². The van der Waals surface area contributed by atoms with Gasteiger partial charge in [-0.05, 0) is 57.2 Å². The first-order valence-electron chi connectivity index (χ1n) is 9.36. The summed E-state index contributed by atoms with van der Waals surface area (Å²) in [7, 11) is 1.87. The highest BCUT2D eigenvalue weighted by Gasteiger charge is 2.31. The number of aliphatic imine (C=N–C) groups is 1. The Labute approximate surface area is 161 Å². The molecule has 0 atom stereocenters. The predicted octanol–water partition coefficient (Wildman–Crippen LogP) is 3.86. The van der Waals surface area contributed by atoms with Gasteiger partial charge in [0.15, 0.2) is 5.96 Å². The molecular formula is C18H39IN4. The molecule has 0 aliphatic heterocycles. The molecule has 1 aliphatic carbocycles. The van der Waals surface area contributed by atoms with Crippen LogP contribution >= 0.6 is 24.0 Å². The first kappa shape index (κ1) is 23.0. The van der Waals surface area contributed by atoms with Crippen LogP contribution in [0, 0.1) is 5.41 Å². The number of rotatable bonds is 10. The fraction of sp³-hybridized carbons (Fsp3) is 0.944. The molecule has 0 bridgehead atoms. The maximum atomic E-state index is 4.36. The van der Waals surface area contributed by atoms with Crippen LogP contribution in [0.3, 0.4) is 0 Å². The summed E-state index contributed by atoms with van der Waals surface area (Å²) in [6, 6.07) is 0. The minimum Gasteiger partial charge on any atom is -0.356 e. The minimum atomic E-state index is 0. The fourth-order valence-electron chi connectivity index (χ4n) is 3.48. The molecule has 0 radical (unpaired) electrons. The van der Waals surface area contributed by atoms with Gasteiger partial charge in [0.1, 0.15) is 0 Å². The quantitative estimate of drug-likeness (QED) is 0.236. The molecule has 2 N–H and O–H groups in total. The van der Waals surface area contributed by atoms with Crippen molar-refractivity contribution < 1.29 is 0 Å². The average Bonchev–Trinajstić information content (AvgIpc) is 3.03. The lowest BCUT2D eigenvalue weighted by atomic mass is 9.83. The monoisotopic (exact) mass is 438 g/mol. The van der Waals surface area contributed by atoms with Gasteiger partial charge in [0.05, 0.1) is 0 Å². The number of hydrogen-bond donors (Lipinski definition) is 2. The first-order chi connectivity index (χ1) is 10.7. The first-order valence-corrected chi connectivity index (χ1v) is 9.36. The lowest BCUT2D eigenvalue weighted by Gasteiger charge is -2.28. The van der Waals surface area contributed by atoms with Gasteiger partial charge in [-0.2, -0.15) is 0 Å². The van der Waals surface area contributed by atoms with Crippen LogP contribution in [0.5, 0.6) is 0 Å². The van der Waals surface area contributed by atoms with Gasteiger partial charge in [0.25, 0.3) is 0 Å². The maximum Gasteiger partial charge on any atom is 0.190 e. The molecule has 0 unspecified atom stereocenters. The Hall–Kier alpha value is -0.0400. The highest BCUT2D eigenvalue weighted by Crippen LogP contribution is 2.40. The number of hydrogen-bond acceptors (Lipinski definition) is 2. The molecule has 1 rings (SSSR count). The van der Waals surface area contributed by atoms with Crippen molar-refractivity contribution in [3.63, 3.8) is 0 Å². The molecule has 1 aliphatic rings. The third-order valence-electron chi connectivity index (χ3n) is 5.36. The Kier molecular flexibility index (Phi) is 13.3. The summed E-state index contributed by atoms with van der Waals surface area (Å²) < 4.78 is 0. The van der Waals surface area contributed by atoms with Gasteiger partial charge in [-0.3, -0.25) is 4.99 Å². The van der Waals surface area contributed by atoms with Gasteiger partial charge in [-0.15, -0.1) is 24.0 Å². The normalized spacial score (nSPS) is 17.2. The van der Waals surface area contributed by atoms with Gasteiger partial charge in [-0.25, -0.2) is 0 Å². The van der Waals surface area contributed by atoms with Crippen LogP contribution in [-0.2, 0) is 0 Å². The molecule has 4 nitrogen and oxygen atoms in total. The molecule has 1 saturated carbocycles. The van der Waals surface area contributed by atoms with E-state index in [2.05, 4.69) is 41.3 Å². The molecule has 0 spiro atoms. The molecule has 0 aromatic heterocycles. The molecule has 0 heterocycles. The van der Waals surface area contributed by atoms with Crippen molar-refractivity contribution in [2.24, 2.45) is 10.4 Å². The van der Waals surface area contributed by atoms with Crippen LogP contribution < -0.4 is 10.6 Å². The van der Waals surface area contributed by atoms with Crippen LogP contribution in [0.1, 0.15) is 65.7 Å². The van der Waals surface area contributed by atoms with Crippen molar-refractivity contribution in [1.82, 2.24) is 15.5 Å². The van der Waals surface area contributed by atoms with Gasteiger partial charge in [0, 0.05) is 20.1 Å². The van der Waals surface area contributed by atoms with Gasteiger partial charge >= 0.3 is 0 Å². The van der Waals surface area contributed by atoms with E-state index >= 15 is 0 Å². The Morgan fingerprint density at radius 1 is 1.04 bits per heavy atom. The SMILES string of the molecule is CCN(CC)CCCCNC(=NC)NCC1(CC)CCCC1.I. The Balaban J connectivity index is 0.00000484. The maximum absolute atomic E-state index is 4.36. The van der Waals surface area contributed by atoms with Crippen molar-refractivity contribution in [2.45, 2.75) is 65.7 Å². The zero-order chi connectivity index (χ0) is 16.3. The van der Waals surface area contributed by atoms with E-state index in [0.717, 1.165) is 32.1 Å². The van der Waals surface area contributed by atoms with E-state index in [9.17, 15) is 0 Å². The van der Waals surface area contributed by atoms with Crippen molar-refractivity contribution in [3.8, 4) is 0 Å². The third-order valence-corrected chi connectivity index (χ3v) is 5.36. The lowest BCUT2D eigenvalue weighted by Crippen LogP contribution is -2.43. The van der Waals surface area contributed by atoms with E-state index in [1.54, 1.807) is 0 Å². The zero-order valence-electron chi connectivity index (χ0n) is 15.8. The van der Waals surface area contributed by atoms with Gasteiger partial charge in [0.2, 0.25) is 0 Å². The average molecular weight is 438 g/mol. The predicted molar refractivity (Wildman–Crippen MR) is 113 cm³/mol. The number of unbranched alkanes of at least 4 members (excludes halogenated alkanes) is 1. The molecule has 0 saturated heterocycles. The van der Waals surface area contributed by atoms with Gasteiger partial charge in [-0.1, -0.05) is 33.6 Å². The summed E-state index contributed by atoms with van der Waals surface area (Å²) in [5, 5.41) is 7.02. The smallest absolute Gasteiger partial charge is 0.190 e. The fourth-order valence-corrected chi connectivity index (χ4v) is 3.48. The summed E-state index contributed by atoms with van der Waals surface area (Å²) in [6.45, 7) is 12.4. The van der Waals surface area contributed by atoms with Crippen molar-refractivity contribution in [2.75, 3.05) is 39.8 Å². The summed E-state index contributed by atoms with van der Waals surface area (Å²) in [4.78, 5) is 6.85. The van der Waals surface area contributed by atoms with Crippen LogP contribution in [0.2, 0.25) is 0 Å². The molecular weight excluding hydrogens is 399 g/mol. The topological polar surface area (TPSA) is 39.7 Å². The molecule has 138 valence electrons. The van der Waals surface area contributed by atoms with Crippen molar-refractivity contribution in [1.29, 1.82) is 0 Å². The zero-order valence-corrected chi connectivity index (χ0v) is 18.1. The van der Waals surface area contributed by atoms with E-state index in [1.165, 1.54) is 51.5 Å². The number of halogens is 1. The summed E-state index contributed by atoms with van der Waals surface area (Å²) in [5.74, 6) is 0.975. The second-order valence-corrected chi connectivity index (χ2v) is 6.65. The largest absolute Gasteiger partial charge is 0.356 e. The lowest BCUT2D eigenvalue weighted by molar-refractivity contribution is 0.283. The minimum absolute atomic E-state index is 0. The van der Waals surface area contributed by atoms with Gasteiger partial charge < -0.3 is 15.5 Å². The number of guanidine groups is 1. The van der Waals surface area contributed by atoms with Crippen LogP contribution in [0.4, 0.5) is 0 Å². The standard InChI is InChI=1S/C18H38N4.HI/c1-5-18(12-8-9-13-18)16-21-17(19-4)20-14-10-11-15-22(6-2)7-3;/h5-16H2,1-4H3,(H2,19,20,21);1H. The molecule has 5 heteroatoms. The molecule has 0 amide bonds. The number of nitrogens with one attached hydrogen (secondary N) is 2. The van der Waals surface area contributed by atoms with E-state index < -0.39 is 0 Å². The van der Waals surface area contributed by atoms with E-state index in [-0.39, 0.29) is 24.0 Å². The second-order valence-electron chi connectivity index (χ2n) is 6.65. The van der Waals surface area contributed by atoms with E-state index in [0.29, 0.717) is 5.41 Å². The molecule has 0 aromatic carbocycles. The summed E-state index contributed by atoms with van der Waals surface area (Å²) in [6.07, 6.45) is 9.27. The summed E-state index contributed by atoms with van der Waals surface area (Å²) in [5.41, 5.74) is 0.514. The molecule has 1 fully saturated rings. The van der Waals surface area contributed by atoms with E-state index in [1.807, 2.05) is 7.05 Å². The summed E-state index contributed by atoms with van der Waals surface area (Å²) >= 11 is 0. The highest BCUT2D eigenvalue weighted by atomic mass is 127. The Morgan fingerprint density at radius 3 is 2.22 bits per heavy atom. The van der Waals surface area contributed by atoms with Crippen molar-refractivity contribution in [3.05, 3.63) is 0 Å². The molecule has 23 heavy (non-hydrogen) atoms. The van der Waals surface area contributed by atoms with Crippen LogP contribution in [0.15, 0.2) is 4.99 Å². The molecule has 0 aromatic rings. The number of nitrogens with zero attached hydrogens (tertiary/aromatic N) is 2.